The molecule has 1 atom stereocenters. The van der Waals surface area contributed by atoms with Crippen LogP contribution < -0.4 is 15.0 Å². The molecule has 30 heavy (non-hydrogen) atoms. The lowest BCUT2D eigenvalue weighted by atomic mass is 10.1. The van der Waals surface area contributed by atoms with E-state index < -0.39 is 0 Å². The first-order chi connectivity index (χ1) is 14.6. The lowest BCUT2D eigenvalue weighted by molar-refractivity contribution is -0.118. The fourth-order valence-electron chi connectivity index (χ4n) is 3.32. The van der Waals surface area contributed by atoms with Gasteiger partial charge in [-0.1, -0.05) is 42.5 Å². The van der Waals surface area contributed by atoms with Crippen LogP contribution in [-0.4, -0.2) is 24.2 Å². The fourth-order valence-corrected chi connectivity index (χ4v) is 4.50. The zero-order valence-electron chi connectivity index (χ0n) is 16.6. The molecule has 0 radical (unpaired) electrons. The summed E-state index contributed by atoms with van der Waals surface area (Å²) < 4.78 is 5.47. The maximum atomic E-state index is 12.5. The number of rotatable bonds is 6. The molecule has 1 fully saturated rings. The molecule has 0 unspecified atom stereocenters. The van der Waals surface area contributed by atoms with Gasteiger partial charge in [-0.15, -0.1) is 11.8 Å². The predicted octanol–water partition coefficient (Wildman–Crippen LogP) is 4.79. The number of nitrogens with zero attached hydrogens (tertiary/aromatic N) is 1. The number of carbonyl (C=O) groups excluding carboxylic acids is 2. The van der Waals surface area contributed by atoms with Gasteiger partial charge in [0.25, 0.3) is 5.91 Å². The fraction of sp³-hybridized carbons (Fsp3) is 0.167. The van der Waals surface area contributed by atoms with Gasteiger partial charge in [-0.3, -0.25) is 14.5 Å². The van der Waals surface area contributed by atoms with Crippen molar-refractivity contribution >= 4 is 35.0 Å². The number of ether oxygens (including phenoxy) is 1. The van der Waals surface area contributed by atoms with E-state index in [1.807, 2.05) is 90.7 Å². The third kappa shape index (κ3) is 4.66. The summed E-state index contributed by atoms with van der Waals surface area (Å²) in [5, 5.41) is 2.76. The highest BCUT2D eigenvalue weighted by molar-refractivity contribution is 8.00. The van der Waals surface area contributed by atoms with E-state index in [2.05, 4.69) is 5.32 Å². The second-order valence-corrected chi connectivity index (χ2v) is 8.11. The van der Waals surface area contributed by atoms with Crippen LogP contribution in [0, 0.1) is 6.92 Å². The Hall–Kier alpha value is -3.25. The van der Waals surface area contributed by atoms with E-state index in [9.17, 15) is 9.59 Å². The largest absolute Gasteiger partial charge is 0.484 e. The molecular weight excluding hydrogens is 396 g/mol. The molecule has 5 nitrogen and oxygen atoms in total. The van der Waals surface area contributed by atoms with Gasteiger partial charge in [0, 0.05) is 11.4 Å². The number of para-hydroxylation sites is 1. The van der Waals surface area contributed by atoms with Crippen LogP contribution in [0.1, 0.15) is 16.5 Å². The second-order valence-electron chi connectivity index (χ2n) is 7.04. The molecule has 3 aromatic rings. The van der Waals surface area contributed by atoms with Crippen LogP contribution in [0.3, 0.4) is 0 Å². The van der Waals surface area contributed by atoms with Gasteiger partial charge in [-0.2, -0.15) is 0 Å². The van der Waals surface area contributed by atoms with Crippen molar-refractivity contribution in [2.45, 2.75) is 12.3 Å². The van der Waals surface area contributed by atoms with E-state index in [0.29, 0.717) is 17.2 Å². The molecule has 0 bridgehead atoms. The van der Waals surface area contributed by atoms with E-state index in [-0.39, 0.29) is 23.8 Å². The van der Waals surface area contributed by atoms with Crippen molar-refractivity contribution in [3.63, 3.8) is 0 Å². The van der Waals surface area contributed by atoms with E-state index in [1.165, 1.54) is 0 Å². The zero-order valence-corrected chi connectivity index (χ0v) is 17.4. The van der Waals surface area contributed by atoms with Gasteiger partial charge in [0.15, 0.2) is 6.61 Å². The number of anilines is 2. The van der Waals surface area contributed by atoms with Gasteiger partial charge in [-0.05, 0) is 54.4 Å². The van der Waals surface area contributed by atoms with Gasteiger partial charge in [0.2, 0.25) is 5.91 Å². The Morgan fingerprint density at radius 2 is 1.83 bits per heavy atom. The summed E-state index contributed by atoms with van der Waals surface area (Å²) in [7, 11) is 0. The van der Waals surface area contributed by atoms with Crippen LogP contribution in [0.2, 0.25) is 0 Å². The number of benzene rings is 3. The first-order valence-corrected chi connectivity index (χ1v) is 10.7. The number of nitrogens with one attached hydrogen (secondary N) is 1. The minimum absolute atomic E-state index is 0.0557. The highest BCUT2D eigenvalue weighted by Gasteiger charge is 2.34. The van der Waals surface area contributed by atoms with Crippen LogP contribution in [-0.2, 0) is 9.59 Å². The van der Waals surface area contributed by atoms with Gasteiger partial charge >= 0.3 is 0 Å². The highest BCUT2D eigenvalue weighted by atomic mass is 32.2. The van der Waals surface area contributed by atoms with Crippen molar-refractivity contribution < 1.29 is 14.3 Å². The quantitative estimate of drug-likeness (QED) is 0.625. The molecule has 1 N–H and O–H groups in total. The summed E-state index contributed by atoms with van der Waals surface area (Å²) >= 11 is 1.61. The molecule has 4 rings (SSSR count). The normalized spacial score (nSPS) is 15.8. The molecule has 1 saturated heterocycles. The molecule has 0 spiro atoms. The summed E-state index contributed by atoms with van der Waals surface area (Å²) in [5.74, 6) is 0.986. The molecule has 1 heterocycles. The second kappa shape index (κ2) is 9.05. The summed E-state index contributed by atoms with van der Waals surface area (Å²) in [4.78, 5) is 26.5. The van der Waals surface area contributed by atoms with Crippen molar-refractivity contribution in [2.24, 2.45) is 0 Å². The number of hydrogen-bond acceptors (Lipinski definition) is 4. The minimum Gasteiger partial charge on any atom is -0.484 e. The average molecular weight is 419 g/mol. The van der Waals surface area contributed by atoms with Crippen molar-refractivity contribution in [3.8, 4) is 5.75 Å². The number of amides is 2. The molecule has 0 aromatic heterocycles. The van der Waals surface area contributed by atoms with Gasteiger partial charge in [0.05, 0.1) is 5.75 Å². The first-order valence-electron chi connectivity index (χ1n) is 9.68. The number of carbonyl (C=O) groups is 2. The maximum Gasteiger partial charge on any atom is 0.262 e. The topological polar surface area (TPSA) is 58.6 Å². The molecule has 0 saturated carbocycles. The zero-order chi connectivity index (χ0) is 20.9. The van der Waals surface area contributed by atoms with Crippen LogP contribution in [0.4, 0.5) is 11.4 Å². The Kier molecular flexibility index (Phi) is 6.05. The van der Waals surface area contributed by atoms with Crippen molar-refractivity contribution in [3.05, 3.63) is 90.0 Å². The van der Waals surface area contributed by atoms with Crippen LogP contribution in [0.15, 0.2) is 78.9 Å². The smallest absolute Gasteiger partial charge is 0.262 e. The van der Waals surface area contributed by atoms with Gasteiger partial charge in [-0.25, -0.2) is 0 Å². The van der Waals surface area contributed by atoms with Crippen LogP contribution >= 0.6 is 11.8 Å². The van der Waals surface area contributed by atoms with Crippen LogP contribution in [0.25, 0.3) is 0 Å². The lowest BCUT2D eigenvalue weighted by Gasteiger charge is -2.25. The van der Waals surface area contributed by atoms with E-state index in [4.69, 9.17) is 4.74 Å². The lowest BCUT2D eigenvalue weighted by Crippen LogP contribution is -2.27. The summed E-state index contributed by atoms with van der Waals surface area (Å²) in [6, 6.07) is 24.8. The first kappa shape index (κ1) is 20.0. The molecular formula is C24H22N2O3S. The molecule has 1 aliphatic rings. The molecule has 1 aliphatic heterocycles. The number of hydrogen-bond donors (Lipinski definition) is 1. The summed E-state index contributed by atoms with van der Waals surface area (Å²) in [6.45, 7) is 1.96. The van der Waals surface area contributed by atoms with Crippen molar-refractivity contribution in [2.75, 3.05) is 22.6 Å². The van der Waals surface area contributed by atoms with E-state index in [1.54, 1.807) is 11.8 Å². The molecule has 152 valence electrons. The highest BCUT2D eigenvalue weighted by Crippen LogP contribution is 2.42. The van der Waals surface area contributed by atoms with E-state index >= 15 is 0 Å². The monoisotopic (exact) mass is 418 g/mol. The third-order valence-corrected chi connectivity index (χ3v) is 5.95. The van der Waals surface area contributed by atoms with Crippen LogP contribution in [0.5, 0.6) is 5.75 Å². The van der Waals surface area contributed by atoms with Gasteiger partial charge < -0.3 is 10.1 Å². The SMILES string of the molecule is Cc1cccc(N2C(=O)CS[C@@H]2c2ccc(NC(=O)COc3ccccc3)cc2)c1. The molecule has 0 aliphatic carbocycles. The standard InChI is InChI=1S/C24H22N2O3S/c1-17-6-5-7-20(14-17)26-23(28)16-30-24(26)18-10-12-19(13-11-18)25-22(27)15-29-21-8-3-2-4-9-21/h2-14,24H,15-16H2,1H3,(H,25,27)/t24-/m1/s1. The average Bonchev–Trinajstić information content (AvgIpc) is 3.15. The number of aryl methyl sites for hydroxylation is 1. The summed E-state index contributed by atoms with van der Waals surface area (Å²) in [6.07, 6.45) is 0. The Morgan fingerprint density at radius 3 is 2.57 bits per heavy atom. The van der Waals surface area contributed by atoms with Crippen molar-refractivity contribution in [1.29, 1.82) is 0 Å². The molecule has 2 amide bonds. The minimum atomic E-state index is -0.224. The maximum absolute atomic E-state index is 12.5. The Balaban J connectivity index is 1.41. The Morgan fingerprint density at radius 1 is 1.07 bits per heavy atom. The number of thioether (sulfide) groups is 1. The molecule has 3 aromatic carbocycles. The van der Waals surface area contributed by atoms with E-state index in [0.717, 1.165) is 16.8 Å². The van der Waals surface area contributed by atoms with Gasteiger partial charge in [0.1, 0.15) is 11.1 Å². The predicted molar refractivity (Wildman–Crippen MR) is 121 cm³/mol. The third-order valence-electron chi connectivity index (χ3n) is 4.74. The summed E-state index contributed by atoms with van der Waals surface area (Å²) in [5.41, 5.74) is 3.74. The Bertz CT molecular complexity index is 1040. The van der Waals surface area contributed by atoms with Crippen molar-refractivity contribution in [1.82, 2.24) is 0 Å². The molecule has 6 heteroatoms. The Labute approximate surface area is 180 Å².